The van der Waals surface area contributed by atoms with E-state index in [1.54, 1.807) is 36.5 Å². The predicted octanol–water partition coefficient (Wildman–Crippen LogP) is 5.67. The average Bonchev–Trinajstić information content (AvgIpc) is 3.11. The molecule has 0 fully saturated rings. The molecule has 0 saturated carbocycles. The van der Waals surface area contributed by atoms with Gasteiger partial charge in [0.25, 0.3) is 0 Å². The first kappa shape index (κ1) is 19.0. The van der Waals surface area contributed by atoms with E-state index in [0.29, 0.717) is 32.7 Å². The van der Waals surface area contributed by atoms with Gasteiger partial charge in [0.15, 0.2) is 5.58 Å². The summed E-state index contributed by atoms with van der Waals surface area (Å²) in [6, 6.07) is 11.3. The van der Waals surface area contributed by atoms with Gasteiger partial charge in [-0.1, -0.05) is 27.5 Å². The third-order valence-electron chi connectivity index (χ3n) is 3.99. The molecule has 0 aliphatic carbocycles. The molecule has 0 atom stereocenters. The summed E-state index contributed by atoms with van der Waals surface area (Å²) in [5, 5.41) is 21.4. The van der Waals surface area contributed by atoms with Gasteiger partial charge >= 0.3 is 5.69 Å². The number of aliphatic imine (C=N–C) groups is 1. The molecule has 0 radical (unpaired) electrons. The van der Waals surface area contributed by atoms with E-state index in [4.69, 9.17) is 16.0 Å². The third kappa shape index (κ3) is 3.82. The van der Waals surface area contributed by atoms with Gasteiger partial charge in [0.1, 0.15) is 10.7 Å². The van der Waals surface area contributed by atoms with E-state index in [0.717, 1.165) is 0 Å². The van der Waals surface area contributed by atoms with Gasteiger partial charge in [-0.3, -0.25) is 15.1 Å². The molecule has 1 N–H and O–H groups in total. The number of benzene rings is 2. The summed E-state index contributed by atoms with van der Waals surface area (Å²) in [6.45, 7) is 0. The molecule has 10 heteroatoms. The second-order valence-corrected chi connectivity index (χ2v) is 7.16. The first-order valence-electron chi connectivity index (χ1n) is 8.15. The molecule has 0 spiro atoms. The molecule has 29 heavy (non-hydrogen) atoms. The highest BCUT2D eigenvalue weighted by molar-refractivity contribution is 9.10. The summed E-state index contributed by atoms with van der Waals surface area (Å²) in [6.07, 6.45) is 2.91. The van der Waals surface area contributed by atoms with Crippen molar-refractivity contribution in [3.8, 4) is 17.2 Å². The van der Waals surface area contributed by atoms with Crippen LogP contribution in [0.25, 0.3) is 22.6 Å². The molecule has 0 aliphatic heterocycles. The molecular formula is C19H10BrClN4O4. The lowest BCUT2D eigenvalue weighted by molar-refractivity contribution is -0.385. The number of phenols is 1. The molecule has 0 unspecified atom stereocenters. The molecule has 2 aromatic heterocycles. The van der Waals surface area contributed by atoms with Crippen LogP contribution < -0.4 is 0 Å². The normalized spacial score (nSPS) is 11.4. The van der Waals surface area contributed by atoms with Crippen LogP contribution in [0.15, 0.2) is 62.5 Å². The lowest BCUT2D eigenvalue weighted by atomic mass is 10.2. The fraction of sp³-hybridized carbons (Fsp3) is 0. The zero-order chi connectivity index (χ0) is 20.5. The maximum atomic E-state index is 11.0. The molecule has 2 aromatic carbocycles. The number of aromatic nitrogens is 2. The zero-order valence-electron chi connectivity index (χ0n) is 14.4. The molecule has 4 aromatic rings. The van der Waals surface area contributed by atoms with Gasteiger partial charge in [-0.15, -0.1) is 0 Å². The minimum Gasteiger partial charge on any atom is -0.502 e. The minimum atomic E-state index is -0.663. The molecule has 4 rings (SSSR count). The first-order valence-corrected chi connectivity index (χ1v) is 9.32. The van der Waals surface area contributed by atoms with E-state index in [1.165, 1.54) is 18.3 Å². The topological polar surface area (TPSA) is 115 Å². The molecule has 2 heterocycles. The van der Waals surface area contributed by atoms with Gasteiger partial charge in [0.05, 0.1) is 16.2 Å². The number of fused-ring (bicyclic) bond motifs is 1. The molecule has 144 valence electrons. The Labute approximate surface area is 176 Å². The number of phenolic OH excluding ortho intramolecular Hbond substituents is 1. The number of aromatic hydroxyl groups is 1. The van der Waals surface area contributed by atoms with Crippen LogP contribution >= 0.6 is 27.5 Å². The van der Waals surface area contributed by atoms with Crippen molar-refractivity contribution in [3.63, 3.8) is 0 Å². The van der Waals surface area contributed by atoms with Crippen LogP contribution in [0.2, 0.25) is 5.15 Å². The van der Waals surface area contributed by atoms with Crippen LogP contribution in [0.1, 0.15) is 5.56 Å². The van der Waals surface area contributed by atoms with Crippen molar-refractivity contribution in [2.45, 2.75) is 0 Å². The predicted molar refractivity (Wildman–Crippen MR) is 112 cm³/mol. The fourth-order valence-electron chi connectivity index (χ4n) is 2.64. The van der Waals surface area contributed by atoms with E-state index in [9.17, 15) is 15.2 Å². The van der Waals surface area contributed by atoms with E-state index in [-0.39, 0.29) is 10.7 Å². The van der Waals surface area contributed by atoms with Crippen LogP contribution in [0.4, 0.5) is 11.4 Å². The van der Waals surface area contributed by atoms with Gasteiger partial charge in [-0.05, 0) is 36.4 Å². The fourth-order valence-corrected chi connectivity index (χ4v) is 3.31. The van der Waals surface area contributed by atoms with Gasteiger partial charge in [0.2, 0.25) is 11.6 Å². The van der Waals surface area contributed by atoms with Crippen molar-refractivity contribution >= 4 is 56.2 Å². The molecule has 0 saturated heterocycles. The second-order valence-electron chi connectivity index (χ2n) is 5.89. The Morgan fingerprint density at radius 2 is 2.10 bits per heavy atom. The number of nitro groups is 1. The highest BCUT2D eigenvalue weighted by Crippen LogP contribution is 2.33. The number of pyridine rings is 1. The second kappa shape index (κ2) is 7.61. The van der Waals surface area contributed by atoms with Gasteiger partial charge in [0, 0.05) is 28.5 Å². The first-order chi connectivity index (χ1) is 13.9. The number of nitrogens with zero attached hydrogens (tertiary/aromatic N) is 4. The summed E-state index contributed by atoms with van der Waals surface area (Å²) in [5.41, 5.74) is 1.98. The largest absolute Gasteiger partial charge is 0.502 e. The lowest BCUT2D eigenvalue weighted by Crippen LogP contribution is -1.92. The van der Waals surface area contributed by atoms with Gasteiger partial charge in [-0.25, -0.2) is 9.97 Å². The molecule has 0 amide bonds. The Hall–Kier alpha value is -3.30. The van der Waals surface area contributed by atoms with E-state index in [2.05, 4.69) is 30.9 Å². The summed E-state index contributed by atoms with van der Waals surface area (Å²) < 4.78 is 6.17. The minimum absolute atomic E-state index is 0.203. The summed E-state index contributed by atoms with van der Waals surface area (Å²) in [5.74, 6) is -0.127. The number of hydrogen-bond donors (Lipinski definition) is 1. The van der Waals surface area contributed by atoms with E-state index >= 15 is 0 Å². The lowest BCUT2D eigenvalue weighted by Gasteiger charge is -2.01. The Morgan fingerprint density at radius 3 is 2.86 bits per heavy atom. The molecular weight excluding hydrogens is 464 g/mol. The quantitative estimate of drug-likeness (QED) is 0.177. The van der Waals surface area contributed by atoms with Crippen molar-refractivity contribution < 1.29 is 14.4 Å². The third-order valence-corrected chi connectivity index (χ3v) is 4.75. The Kier molecular flexibility index (Phi) is 4.99. The highest BCUT2D eigenvalue weighted by Gasteiger charge is 2.17. The van der Waals surface area contributed by atoms with Crippen LogP contribution in [-0.4, -0.2) is 26.2 Å². The maximum Gasteiger partial charge on any atom is 0.312 e. The highest BCUT2D eigenvalue weighted by atomic mass is 79.9. The summed E-state index contributed by atoms with van der Waals surface area (Å²) >= 11 is 9.28. The van der Waals surface area contributed by atoms with Gasteiger partial charge in [-0.2, -0.15) is 0 Å². The number of oxazole rings is 1. The van der Waals surface area contributed by atoms with Crippen LogP contribution in [0, 0.1) is 10.1 Å². The average molecular weight is 474 g/mol. The van der Waals surface area contributed by atoms with E-state index in [1.807, 2.05) is 0 Å². The van der Waals surface area contributed by atoms with Crippen molar-refractivity contribution in [2.75, 3.05) is 0 Å². The van der Waals surface area contributed by atoms with Crippen molar-refractivity contribution in [1.82, 2.24) is 9.97 Å². The Balaban J connectivity index is 1.69. The monoisotopic (exact) mass is 472 g/mol. The molecule has 0 bridgehead atoms. The smallest absolute Gasteiger partial charge is 0.312 e. The Morgan fingerprint density at radius 1 is 1.28 bits per heavy atom. The van der Waals surface area contributed by atoms with Gasteiger partial charge < -0.3 is 9.52 Å². The maximum absolute atomic E-state index is 11.0. The molecule has 0 aliphatic rings. The van der Waals surface area contributed by atoms with Crippen molar-refractivity contribution in [1.29, 1.82) is 0 Å². The van der Waals surface area contributed by atoms with Crippen LogP contribution in [0.3, 0.4) is 0 Å². The molecule has 8 nitrogen and oxygen atoms in total. The van der Waals surface area contributed by atoms with Crippen LogP contribution in [-0.2, 0) is 0 Å². The standard InChI is InChI=1S/C19H10BrClN4O4/c20-11-6-10(17(26)15(7-11)25(27)28)9-23-12-3-4-16-14(8-12)24-19(29-16)13-2-1-5-22-18(13)21/h1-9,26H. The van der Waals surface area contributed by atoms with Crippen molar-refractivity contribution in [3.05, 3.63) is 74.0 Å². The van der Waals surface area contributed by atoms with E-state index < -0.39 is 16.4 Å². The Bertz CT molecular complexity index is 1290. The number of halogens is 2. The number of rotatable bonds is 4. The number of hydrogen-bond acceptors (Lipinski definition) is 7. The number of nitro benzene ring substituents is 1. The summed E-state index contributed by atoms with van der Waals surface area (Å²) in [4.78, 5) is 23.1. The zero-order valence-corrected chi connectivity index (χ0v) is 16.8. The summed E-state index contributed by atoms with van der Waals surface area (Å²) in [7, 11) is 0. The van der Waals surface area contributed by atoms with Crippen LogP contribution in [0.5, 0.6) is 5.75 Å². The SMILES string of the molecule is O=[N+]([O-])c1cc(Br)cc(C=Nc2ccc3oc(-c4cccnc4Cl)nc3c2)c1O. The van der Waals surface area contributed by atoms with Crippen molar-refractivity contribution in [2.24, 2.45) is 4.99 Å².